The Bertz CT molecular complexity index is 2110. The SMILES string of the molecule is [C-]#[N+]C(C)(C)C.[C-]#[N+]C(C)(C)C.[Pd+2].c1ccc(P(C[PH+](c2ccccc2)c2ccccc2)c2ccccc2)cc1.c1ccc(P(C[PH+](c2ccccc2)c2ccccc2)c2ccccc2)cc1. The molecule has 0 amide bonds. The van der Waals surface area contributed by atoms with E-state index in [0.717, 1.165) is 0 Å². The van der Waals surface area contributed by atoms with E-state index in [1.54, 1.807) is 0 Å². The van der Waals surface area contributed by atoms with Crippen LogP contribution >= 0.6 is 31.7 Å². The molecule has 0 saturated carbocycles. The largest absolute Gasteiger partial charge is 2.00 e. The van der Waals surface area contributed by atoms with Gasteiger partial charge >= 0.3 is 20.4 Å². The predicted molar refractivity (Wildman–Crippen MR) is 302 cm³/mol. The van der Waals surface area contributed by atoms with Crippen molar-refractivity contribution in [1.29, 1.82) is 0 Å². The van der Waals surface area contributed by atoms with Crippen LogP contribution < -0.4 is 42.4 Å². The van der Waals surface area contributed by atoms with Crippen molar-refractivity contribution in [3.63, 3.8) is 0 Å². The zero-order valence-electron chi connectivity index (χ0n) is 39.6. The van der Waals surface area contributed by atoms with Gasteiger partial charge in [0.05, 0.1) is 48.9 Å². The van der Waals surface area contributed by atoms with E-state index >= 15 is 0 Å². The van der Waals surface area contributed by atoms with Gasteiger partial charge in [0.15, 0.2) is 0 Å². The normalized spacial score (nSPS) is 10.7. The van der Waals surface area contributed by atoms with Gasteiger partial charge in [-0.15, -0.1) is 0 Å². The van der Waals surface area contributed by atoms with Gasteiger partial charge in [0.1, 0.15) is 0 Å². The summed E-state index contributed by atoms with van der Waals surface area (Å²) in [6, 6.07) is 88.6. The van der Waals surface area contributed by atoms with E-state index in [1.807, 2.05) is 41.5 Å². The van der Waals surface area contributed by atoms with E-state index in [0.29, 0.717) is 0 Å². The van der Waals surface area contributed by atoms with Crippen LogP contribution in [0.15, 0.2) is 243 Å². The molecule has 340 valence electrons. The van der Waals surface area contributed by atoms with E-state index in [1.165, 1.54) is 54.2 Å². The third-order valence-corrected chi connectivity index (χ3v) is 22.9. The topological polar surface area (TPSA) is 8.72 Å². The molecule has 0 fully saturated rings. The van der Waals surface area contributed by atoms with Gasteiger partial charge in [-0.05, 0) is 85.6 Å². The zero-order valence-corrected chi connectivity index (χ0v) is 45.0. The first-order valence-corrected chi connectivity index (χ1v) is 28.9. The van der Waals surface area contributed by atoms with Crippen LogP contribution in [0.1, 0.15) is 41.5 Å². The first kappa shape index (κ1) is 54.7. The molecule has 0 atom stereocenters. The Morgan fingerprint density at radius 2 is 0.463 bits per heavy atom. The molecule has 7 heteroatoms. The van der Waals surface area contributed by atoms with Crippen molar-refractivity contribution in [2.75, 3.05) is 11.8 Å². The number of rotatable bonds is 12. The van der Waals surface area contributed by atoms with Crippen LogP contribution in [0.25, 0.3) is 9.69 Å². The fourth-order valence-corrected chi connectivity index (χ4v) is 20.8. The number of benzene rings is 8. The minimum absolute atomic E-state index is 0. The molecule has 0 unspecified atom stereocenters. The van der Waals surface area contributed by atoms with E-state index in [9.17, 15) is 0 Å². The van der Waals surface area contributed by atoms with Gasteiger partial charge in [-0.2, -0.15) is 0 Å². The van der Waals surface area contributed by atoms with Gasteiger partial charge in [-0.3, -0.25) is 0 Å². The molecule has 0 saturated heterocycles. The molecule has 0 aromatic heterocycles. The van der Waals surface area contributed by atoms with Gasteiger partial charge in [0.2, 0.25) is 11.1 Å². The maximum Gasteiger partial charge on any atom is 2.00 e. The molecule has 8 aromatic carbocycles. The summed E-state index contributed by atoms with van der Waals surface area (Å²) in [7, 11) is -2.51. The Hall–Kier alpha value is -4.88. The summed E-state index contributed by atoms with van der Waals surface area (Å²) in [4.78, 5) is 6.54. The second kappa shape index (κ2) is 29.1. The maximum atomic E-state index is 6.48. The van der Waals surface area contributed by atoms with E-state index in [-0.39, 0.29) is 31.5 Å². The summed E-state index contributed by atoms with van der Waals surface area (Å²) in [5.41, 5.74) is -0.333. The summed E-state index contributed by atoms with van der Waals surface area (Å²) < 4.78 is 0. The maximum absolute atomic E-state index is 6.48. The molecule has 0 aliphatic carbocycles. The molecule has 0 aliphatic heterocycles. The molecular formula is C60H64N2P4Pd+4. The van der Waals surface area contributed by atoms with Crippen LogP contribution in [-0.2, 0) is 20.4 Å². The van der Waals surface area contributed by atoms with Crippen LogP contribution in [0.4, 0.5) is 0 Å². The summed E-state index contributed by atoms with van der Waals surface area (Å²) in [5.74, 6) is 2.42. The summed E-state index contributed by atoms with van der Waals surface area (Å²) in [5, 5.41) is 11.8. The second-order valence-electron chi connectivity index (χ2n) is 17.5. The number of hydrogen-bond acceptors (Lipinski definition) is 0. The molecule has 67 heavy (non-hydrogen) atoms. The van der Waals surface area contributed by atoms with E-state index in [2.05, 4.69) is 252 Å². The molecular weight excluding hydrogens is 979 g/mol. The molecule has 0 aliphatic rings. The quantitative estimate of drug-likeness (QED) is 0.0655. The van der Waals surface area contributed by atoms with Crippen molar-refractivity contribution in [3.8, 4) is 0 Å². The molecule has 0 N–H and O–H groups in total. The van der Waals surface area contributed by atoms with Crippen molar-refractivity contribution in [2.45, 2.75) is 52.6 Å². The third-order valence-electron chi connectivity index (χ3n) is 10.1. The minimum atomic E-state index is -0.864. The van der Waals surface area contributed by atoms with Crippen LogP contribution in [0.5, 0.6) is 0 Å². The zero-order chi connectivity index (χ0) is 47.0. The van der Waals surface area contributed by atoms with Crippen LogP contribution in [0.2, 0.25) is 0 Å². The van der Waals surface area contributed by atoms with E-state index in [4.69, 9.17) is 13.1 Å². The third kappa shape index (κ3) is 19.3. The van der Waals surface area contributed by atoms with Crippen molar-refractivity contribution < 1.29 is 20.4 Å². The Labute approximate surface area is 421 Å². The van der Waals surface area contributed by atoms with Gasteiger partial charge < -0.3 is 9.69 Å². The van der Waals surface area contributed by atoms with Crippen LogP contribution in [0.3, 0.4) is 0 Å². The Morgan fingerprint density at radius 1 is 0.313 bits per heavy atom. The van der Waals surface area contributed by atoms with Crippen molar-refractivity contribution in [3.05, 3.63) is 265 Å². The Kier molecular flexibility index (Phi) is 23.8. The average molecular weight is 1040 g/mol. The van der Waals surface area contributed by atoms with Crippen molar-refractivity contribution >= 4 is 74.1 Å². The molecule has 0 bridgehead atoms. The second-order valence-corrected chi connectivity index (χ2v) is 28.0. The van der Waals surface area contributed by atoms with Gasteiger partial charge in [-0.1, -0.05) is 194 Å². The average Bonchev–Trinajstić information content (AvgIpc) is 3.37. The van der Waals surface area contributed by atoms with Crippen molar-refractivity contribution in [1.82, 2.24) is 0 Å². The summed E-state index contributed by atoms with van der Waals surface area (Å²) in [6.07, 6.45) is 0. The predicted octanol–water partition coefficient (Wildman–Crippen LogP) is 13.3. The number of hydrogen-bond donors (Lipinski definition) is 0. The fraction of sp³-hybridized carbons (Fsp3) is 0.167. The first-order valence-electron chi connectivity index (χ1n) is 22.4. The van der Waals surface area contributed by atoms with Crippen LogP contribution in [0, 0.1) is 13.1 Å². The Morgan fingerprint density at radius 3 is 0.612 bits per heavy atom. The van der Waals surface area contributed by atoms with E-state index < -0.39 is 31.7 Å². The standard InChI is InChI=1S/2C25H22P2.2C5H9N.Pd/c2*1-5-13-22(14-6-1)26(23-15-7-2-8-16-23)21-27(24-17-9-3-10-18-24)25-19-11-4-12-20-25;2*1-5(2,3)6-4;/h2*1-20H,21H2;2*1-3H3;/q;;;;+2/p+2. The number of nitrogens with zero attached hydrogens (tertiary/aromatic N) is 2. The van der Waals surface area contributed by atoms with Gasteiger partial charge in [0, 0.05) is 41.5 Å². The fourth-order valence-electron chi connectivity index (χ4n) is 6.67. The molecule has 0 spiro atoms. The minimum Gasteiger partial charge on any atom is -0.311 e. The summed E-state index contributed by atoms with van der Waals surface area (Å²) >= 11 is 0. The van der Waals surface area contributed by atoms with Gasteiger partial charge in [-0.25, -0.2) is 13.1 Å². The first-order chi connectivity index (χ1) is 32.0. The molecule has 0 heterocycles. The molecule has 8 aromatic rings. The van der Waals surface area contributed by atoms with Crippen molar-refractivity contribution in [2.24, 2.45) is 0 Å². The smallest absolute Gasteiger partial charge is 0.311 e. The Balaban J connectivity index is 0.000000233. The summed E-state index contributed by atoms with van der Waals surface area (Å²) in [6.45, 7) is 24.3. The molecule has 0 radical (unpaired) electrons. The molecule has 8 rings (SSSR count). The van der Waals surface area contributed by atoms with Crippen LogP contribution in [-0.4, -0.2) is 22.9 Å². The monoisotopic (exact) mass is 1040 g/mol. The van der Waals surface area contributed by atoms with Gasteiger partial charge in [0.25, 0.3) is 0 Å². The molecule has 2 nitrogen and oxygen atoms in total.